The summed E-state index contributed by atoms with van der Waals surface area (Å²) in [4.78, 5) is 9.48. The highest BCUT2D eigenvalue weighted by Gasteiger charge is 2.11. The minimum Gasteiger partial charge on any atom is -0.352 e. The van der Waals surface area contributed by atoms with Gasteiger partial charge in [-0.15, -0.1) is 0 Å². The Labute approximate surface area is 86.6 Å². The number of hydrogen-bond acceptors (Lipinski definition) is 2. The maximum atomic E-state index is 9.48. The predicted molar refractivity (Wildman–Crippen MR) is 59.1 cm³/mol. The molecule has 1 saturated carbocycles. The molecule has 4 heteroatoms. The first-order valence-corrected chi connectivity index (χ1v) is 5.32. The molecule has 1 rings (SSSR count). The van der Waals surface area contributed by atoms with Gasteiger partial charge in [0.2, 0.25) is 0 Å². The fraction of sp³-hybridized carbons (Fsp3) is 0.900. The molecule has 1 fully saturated rings. The molecule has 1 aliphatic carbocycles. The highest BCUT2D eigenvalue weighted by atomic mass is 16.2. The van der Waals surface area contributed by atoms with Gasteiger partial charge in [-0.25, -0.2) is 4.79 Å². The predicted octanol–water partition coefficient (Wildman–Crippen LogP) is 1.07. The van der Waals surface area contributed by atoms with E-state index in [0.717, 1.165) is 5.92 Å². The minimum absolute atomic E-state index is 0.495. The monoisotopic (exact) mass is 201 g/mol. The van der Waals surface area contributed by atoms with Crippen molar-refractivity contribution in [2.45, 2.75) is 32.1 Å². The second-order valence-electron chi connectivity index (χ2n) is 3.68. The van der Waals surface area contributed by atoms with Crippen LogP contribution in [0.4, 0.5) is 4.79 Å². The molecule has 0 aliphatic heterocycles. The first-order valence-electron chi connectivity index (χ1n) is 5.32. The van der Waals surface area contributed by atoms with Crippen LogP contribution < -0.4 is 16.4 Å². The summed E-state index contributed by atoms with van der Waals surface area (Å²) < 4.78 is 0. The molecule has 0 bridgehead atoms. The Kier molecular flexibility index (Phi) is 8.33. The summed E-state index contributed by atoms with van der Waals surface area (Å²) in [5.74, 6) is 0.990. The third-order valence-corrected chi connectivity index (χ3v) is 2.46. The second kappa shape index (κ2) is 8.81. The van der Waals surface area contributed by atoms with Gasteiger partial charge in [0.25, 0.3) is 0 Å². The summed E-state index contributed by atoms with van der Waals surface area (Å²) >= 11 is 0. The third-order valence-electron chi connectivity index (χ3n) is 2.46. The Bertz CT molecular complexity index is 142. The summed E-state index contributed by atoms with van der Waals surface area (Å²) in [6, 6.07) is -0.495. The van der Waals surface area contributed by atoms with Crippen LogP contribution in [0.5, 0.6) is 0 Å². The van der Waals surface area contributed by atoms with Crippen molar-refractivity contribution in [2.75, 3.05) is 20.6 Å². The Hall–Kier alpha value is -0.770. The van der Waals surface area contributed by atoms with Crippen LogP contribution in [0.3, 0.4) is 0 Å². The van der Waals surface area contributed by atoms with Crippen LogP contribution >= 0.6 is 0 Å². The lowest BCUT2D eigenvalue weighted by Crippen LogP contribution is -2.24. The molecule has 0 aromatic carbocycles. The van der Waals surface area contributed by atoms with Crippen LogP contribution in [0.25, 0.3) is 0 Å². The summed E-state index contributed by atoms with van der Waals surface area (Å²) in [6.07, 6.45) is 7.32. The van der Waals surface area contributed by atoms with E-state index in [4.69, 9.17) is 0 Å². The Morgan fingerprint density at radius 2 is 1.79 bits per heavy atom. The lowest BCUT2D eigenvalue weighted by atomic mass is 9.89. The maximum Gasteiger partial charge on any atom is 0.311 e. The first kappa shape index (κ1) is 13.2. The lowest BCUT2D eigenvalue weighted by molar-refractivity contribution is 0.251. The van der Waals surface area contributed by atoms with E-state index in [9.17, 15) is 4.79 Å². The van der Waals surface area contributed by atoms with Crippen molar-refractivity contribution < 1.29 is 4.79 Å². The molecule has 0 spiro atoms. The van der Waals surface area contributed by atoms with E-state index in [1.54, 1.807) is 0 Å². The molecule has 84 valence electrons. The molecule has 14 heavy (non-hydrogen) atoms. The molecule has 0 radical (unpaired) electrons. The molecule has 0 saturated heterocycles. The topological polar surface area (TPSA) is 67.1 Å². The maximum absolute atomic E-state index is 9.48. The average Bonchev–Trinajstić information content (AvgIpc) is 2.21. The number of nitrogens with two attached hydrogens (primary N) is 1. The van der Waals surface area contributed by atoms with Crippen LogP contribution in [0.15, 0.2) is 0 Å². The number of carbonyl (C=O) groups excluding carboxylic acids is 1. The van der Waals surface area contributed by atoms with Gasteiger partial charge in [0.15, 0.2) is 0 Å². The van der Waals surface area contributed by atoms with Gasteiger partial charge < -0.3 is 16.4 Å². The SMILES string of the molecule is CNC(N)=O.CNCC1CCCCC1. The number of hydrogen-bond donors (Lipinski definition) is 3. The Morgan fingerprint density at radius 3 is 2.14 bits per heavy atom. The van der Waals surface area contributed by atoms with Crippen LogP contribution in [-0.2, 0) is 0 Å². The smallest absolute Gasteiger partial charge is 0.311 e. The van der Waals surface area contributed by atoms with Gasteiger partial charge in [-0.3, -0.25) is 0 Å². The van der Waals surface area contributed by atoms with Crippen molar-refractivity contribution in [3.63, 3.8) is 0 Å². The number of primary amides is 1. The van der Waals surface area contributed by atoms with Gasteiger partial charge in [-0.1, -0.05) is 19.3 Å². The van der Waals surface area contributed by atoms with Gasteiger partial charge in [0, 0.05) is 7.05 Å². The first-order chi connectivity index (χ1) is 6.70. The minimum atomic E-state index is -0.495. The summed E-state index contributed by atoms with van der Waals surface area (Å²) in [5.41, 5.74) is 4.54. The fourth-order valence-corrected chi connectivity index (χ4v) is 1.68. The van der Waals surface area contributed by atoms with Crippen LogP contribution in [-0.4, -0.2) is 26.7 Å². The molecule has 0 aromatic heterocycles. The van der Waals surface area contributed by atoms with E-state index in [1.165, 1.54) is 45.7 Å². The van der Waals surface area contributed by atoms with Crippen molar-refractivity contribution in [2.24, 2.45) is 11.7 Å². The van der Waals surface area contributed by atoms with E-state index in [1.807, 2.05) is 0 Å². The largest absolute Gasteiger partial charge is 0.352 e. The molecule has 1 aliphatic rings. The van der Waals surface area contributed by atoms with Crippen molar-refractivity contribution in [1.29, 1.82) is 0 Å². The van der Waals surface area contributed by atoms with Crippen LogP contribution in [0.2, 0.25) is 0 Å². The number of rotatable bonds is 2. The lowest BCUT2D eigenvalue weighted by Gasteiger charge is -2.20. The van der Waals surface area contributed by atoms with E-state index < -0.39 is 6.03 Å². The molecule has 0 aromatic rings. The molecule has 2 amide bonds. The van der Waals surface area contributed by atoms with Crippen molar-refractivity contribution in [3.8, 4) is 0 Å². The van der Waals surface area contributed by atoms with Gasteiger partial charge in [0.1, 0.15) is 0 Å². The second-order valence-corrected chi connectivity index (χ2v) is 3.68. The standard InChI is InChI=1S/C8H17N.C2H6N2O/c1-9-7-8-5-3-2-4-6-8;1-4-2(3)5/h8-9H,2-7H2,1H3;1H3,(H3,3,4,5). The van der Waals surface area contributed by atoms with Gasteiger partial charge in [-0.05, 0) is 32.4 Å². The molecular formula is C10H23N3O. The molecule has 0 heterocycles. The normalized spacial score (nSPS) is 16.7. The zero-order valence-corrected chi connectivity index (χ0v) is 9.31. The highest BCUT2D eigenvalue weighted by Crippen LogP contribution is 2.22. The fourth-order valence-electron chi connectivity index (χ4n) is 1.68. The van der Waals surface area contributed by atoms with E-state index in [0.29, 0.717) is 0 Å². The van der Waals surface area contributed by atoms with E-state index >= 15 is 0 Å². The summed E-state index contributed by atoms with van der Waals surface area (Å²) in [6.45, 7) is 1.24. The summed E-state index contributed by atoms with van der Waals surface area (Å²) in [5, 5.41) is 5.40. The van der Waals surface area contributed by atoms with Gasteiger partial charge >= 0.3 is 6.03 Å². The number of amides is 2. The molecule has 4 N–H and O–H groups in total. The van der Waals surface area contributed by atoms with E-state index in [2.05, 4.69) is 23.4 Å². The highest BCUT2D eigenvalue weighted by molar-refractivity contribution is 5.71. The van der Waals surface area contributed by atoms with Crippen molar-refractivity contribution >= 4 is 6.03 Å². The average molecular weight is 201 g/mol. The Morgan fingerprint density at radius 1 is 1.29 bits per heavy atom. The summed E-state index contributed by atoms with van der Waals surface area (Å²) in [7, 11) is 3.52. The zero-order chi connectivity index (χ0) is 10.8. The van der Waals surface area contributed by atoms with Gasteiger partial charge in [0.05, 0.1) is 0 Å². The molecule has 4 nitrogen and oxygen atoms in total. The Balaban J connectivity index is 0.000000292. The van der Waals surface area contributed by atoms with Crippen LogP contribution in [0.1, 0.15) is 32.1 Å². The van der Waals surface area contributed by atoms with Crippen LogP contribution in [0, 0.1) is 5.92 Å². The number of urea groups is 1. The third kappa shape index (κ3) is 7.86. The number of carbonyl (C=O) groups is 1. The van der Waals surface area contributed by atoms with E-state index in [-0.39, 0.29) is 0 Å². The molecule has 0 atom stereocenters. The zero-order valence-electron chi connectivity index (χ0n) is 9.31. The number of nitrogens with one attached hydrogen (secondary N) is 2. The van der Waals surface area contributed by atoms with Crippen molar-refractivity contribution in [3.05, 3.63) is 0 Å². The van der Waals surface area contributed by atoms with Crippen molar-refractivity contribution in [1.82, 2.24) is 10.6 Å². The quantitative estimate of drug-likeness (QED) is 0.625. The molecule has 0 unspecified atom stereocenters. The van der Waals surface area contributed by atoms with Gasteiger partial charge in [-0.2, -0.15) is 0 Å². The molecular weight excluding hydrogens is 178 g/mol.